The van der Waals surface area contributed by atoms with Gasteiger partial charge in [-0.2, -0.15) is 0 Å². The minimum Gasteiger partial charge on any atom is -0.489 e. The first-order valence-corrected chi connectivity index (χ1v) is 12.2. The number of carbonyl (C=O) groups is 2. The van der Waals surface area contributed by atoms with Gasteiger partial charge >= 0.3 is 0 Å². The van der Waals surface area contributed by atoms with Gasteiger partial charge in [-0.1, -0.05) is 30.3 Å². The highest BCUT2D eigenvalue weighted by Crippen LogP contribution is 2.21. The van der Waals surface area contributed by atoms with Crippen LogP contribution in [0.1, 0.15) is 27.0 Å². The van der Waals surface area contributed by atoms with Crippen LogP contribution >= 0.6 is 0 Å². The zero-order chi connectivity index (χ0) is 25.4. The molecule has 0 bridgehead atoms. The molecule has 0 aromatic heterocycles. The fourth-order valence-electron chi connectivity index (χ4n) is 3.10. The molecule has 0 saturated heterocycles. The second-order valence-electron chi connectivity index (χ2n) is 7.66. The van der Waals surface area contributed by atoms with E-state index >= 15 is 0 Å². The summed E-state index contributed by atoms with van der Waals surface area (Å²) in [5.74, 6) is -0.135. The van der Waals surface area contributed by atoms with E-state index in [0.717, 1.165) is 5.56 Å². The highest BCUT2D eigenvalue weighted by molar-refractivity contribution is 7.89. The number of carbonyl (C=O) groups excluding carboxylic acids is 2. The fraction of sp³-hybridized carbons (Fsp3) is 0.200. The van der Waals surface area contributed by atoms with Crippen LogP contribution in [0, 0.1) is 13.8 Å². The highest BCUT2D eigenvalue weighted by atomic mass is 32.2. The van der Waals surface area contributed by atoms with Gasteiger partial charge in [-0.05, 0) is 74.0 Å². The number of rotatable bonds is 9. The Morgan fingerprint density at radius 1 is 0.857 bits per heavy atom. The number of benzene rings is 3. The molecule has 0 aliphatic heterocycles. The van der Waals surface area contributed by atoms with Crippen molar-refractivity contribution >= 4 is 21.8 Å². The number of hydrogen-bond donors (Lipinski definition) is 3. The van der Waals surface area contributed by atoms with Crippen molar-refractivity contribution in [2.24, 2.45) is 0 Å². The molecule has 0 unspecified atom stereocenters. The molecular weight excluding hydrogens is 470 g/mol. The molecule has 3 N–H and O–H groups in total. The summed E-state index contributed by atoms with van der Waals surface area (Å²) in [6.45, 7) is 3.45. The van der Waals surface area contributed by atoms with Gasteiger partial charge in [-0.3, -0.25) is 20.4 Å². The van der Waals surface area contributed by atoms with Crippen LogP contribution in [0.5, 0.6) is 11.5 Å². The van der Waals surface area contributed by atoms with Crippen molar-refractivity contribution in [3.05, 3.63) is 89.0 Å². The van der Waals surface area contributed by atoms with Gasteiger partial charge in [0.25, 0.3) is 11.8 Å². The van der Waals surface area contributed by atoms with Crippen LogP contribution in [0.4, 0.5) is 0 Å². The summed E-state index contributed by atoms with van der Waals surface area (Å²) in [5.41, 5.74) is 6.82. The van der Waals surface area contributed by atoms with Crippen molar-refractivity contribution in [1.29, 1.82) is 0 Å². The minimum absolute atomic E-state index is 0.00370. The predicted molar refractivity (Wildman–Crippen MR) is 130 cm³/mol. The zero-order valence-electron chi connectivity index (χ0n) is 19.6. The van der Waals surface area contributed by atoms with Crippen molar-refractivity contribution in [1.82, 2.24) is 15.6 Å². The molecule has 3 aromatic rings. The smallest absolute Gasteiger partial charge is 0.276 e. The normalized spacial score (nSPS) is 10.9. The highest BCUT2D eigenvalue weighted by Gasteiger charge is 2.19. The Morgan fingerprint density at radius 2 is 1.49 bits per heavy atom. The Bertz CT molecular complexity index is 1290. The van der Waals surface area contributed by atoms with Crippen LogP contribution in [-0.2, 0) is 21.4 Å². The van der Waals surface area contributed by atoms with E-state index in [4.69, 9.17) is 9.47 Å². The van der Waals surface area contributed by atoms with Gasteiger partial charge in [0.2, 0.25) is 10.0 Å². The van der Waals surface area contributed by atoms with E-state index in [-0.39, 0.29) is 17.1 Å². The van der Waals surface area contributed by atoms with E-state index < -0.39 is 21.8 Å². The average molecular weight is 498 g/mol. The summed E-state index contributed by atoms with van der Waals surface area (Å²) in [5, 5.41) is 0. The number of aryl methyl sites for hydroxylation is 1. The second kappa shape index (κ2) is 11.5. The Balaban J connectivity index is 1.49. The molecular formula is C25H27N3O6S. The SMILES string of the molecule is CNS(=O)(=O)c1cc(C(=O)NNC(=O)COc2ccc(OCc3ccccc3)cc2)cc(C)c1C. The molecule has 0 aliphatic rings. The van der Waals surface area contributed by atoms with E-state index in [9.17, 15) is 18.0 Å². The third kappa shape index (κ3) is 7.05. The third-order valence-corrected chi connectivity index (χ3v) is 6.74. The molecule has 10 heteroatoms. The first kappa shape index (κ1) is 25.7. The lowest BCUT2D eigenvalue weighted by Crippen LogP contribution is -2.43. The lowest BCUT2D eigenvalue weighted by molar-refractivity contribution is -0.123. The van der Waals surface area contributed by atoms with Gasteiger partial charge in [-0.15, -0.1) is 0 Å². The lowest BCUT2D eigenvalue weighted by atomic mass is 10.1. The van der Waals surface area contributed by atoms with Gasteiger partial charge < -0.3 is 9.47 Å². The molecule has 0 atom stereocenters. The Kier molecular flexibility index (Phi) is 8.45. The van der Waals surface area contributed by atoms with E-state index in [1.807, 2.05) is 30.3 Å². The molecule has 0 spiro atoms. The van der Waals surface area contributed by atoms with Crippen LogP contribution in [0.15, 0.2) is 71.6 Å². The van der Waals surface area contributed by atoms with Crippen molar-refractivity contribution in [3.63, 3.8) is 0 Å². The van der Waals surface area contributed by atoms with E-state index in [1.165, 1.54) is 13.1 Å². The summed E-state index contributed by atoms with van der Waals surface area (Å²) in [4.78, 5) is 24.5. The molecule has 0 fully saturated rings. The molecule has 2 amide bonds. The van der Waals surface area contributed by atoms with E-state index in [0.29, 0.717) is 29.2 Å². The van der Waals surface area contributed by atoms with Crippen LogP contribution in [-0.4, -0.2) is 33.9 Å². The number of ether oxygens (including phenoxy) is 2. The molecule has 0 saturated carbocycles. The van der Waals surface area contributed by atoms with Crippen LogP contribution in [0.3, 0.4) is 0 Å². The molecule has 184 valence electrons. The Hall–Kier alpha value is -3.89. The number of hydrazine groups is 1. The first-order chi connectivity index (χ1) is 16.7. The number of amides is 2. The molecule has 3 aromatic carbocycles. The topological polar surface area (TPSA) is 123 Å². The van der Waals surface area contributed by atoms with Crippen molar-refractivity contribution < 1.29 is 27.5 Å². The summed E-state index contributed by atoms with van der Waals surface area (Å²) >= 11 is 0. The maximum Gasteiger partial charge on any atom is 0.276 e. The van der Waals surface area contributed by atoms with Gasteiger partial charge in [-0.25, -0.2) is 13.1 Å². The van der Waals surface area contributed by atoms with Gasteiger partial charge in [0, 0.05) is 5.56 Å². The first-order valence-electron chi connectivity index (χ1n) is 10.7. The second-order valence-corrected chi connectivity index (χ2v) is 9.52. The largest absolute Gasteiger partial charge is 0.489 e. The van der Waals surface area contributed by atoms with Crippen molar-refractivity contribution in [2.75, 3.05) is 13.7 Å². The quantitative estimate of drug-likeness (QED) is 0.391. The predicted octanol–water partition coefficient (Wildman–Crippen LogP) is 2.63. The third-order valence-electron chi connectivity index (χ3n) is 5.20. The van der Waals surface area contributed by atoms with Crippen molar-refractivity contribution in [3.8, 4) is 11.5 Å². The maximum atomic E-state index is 12.5. The lowest BCUT2D eigenvalue weighted by Gasteiger charge is -2.13. The van der Waals surface area contributed by atoms with Gasteiger partial charge in [0.05, 0.1) is 4.90 Å². The number of hydrogen-bond acceptors (Lipinski definition) is 6. The number of sulfonamides is 1. The number of nitrogens with one attached hydrogen (secondary N) is 3. The van der Waals surface area contributed by atoms with Gasteiger partial charge in [0.1, 0.15) is 18.1 Å². The van der Waals surface area contributed by atoms with Crippen LogP contribution < -0.4 is 25.0 Å². The minimum atomic E-state index is -3.75. The summed E-state index contributed by atoms with van der Waals surface area (Å²) in [6, 6.07) is 19.4. The monoisotopic (exact) mass is 497 g/mol. The molecule has 0 aliphatic carbocycles. The van der Waals surface area contributed by atoms with E-state index in [1.54, 1.807) is 44.2 Å². The fourth-order valence-corrected chi connectivity index (χ4v) is 4.17. The molecule has 0 radical (unpaired) electrons. The summed E-state index contributed by atoms with van der Waals surface area (Å²) < 4.78 is 37.8. The Morgan fingerprint density at radius 3 is 2.11 bits per heavy atom. The molecule has 9 nitrogen and oxygen atoms in total. The Labute approximate surface area is 204 Å². The van der Waals surface area contributed by atoms with Crippen LogP contribution in [0.2, 0.25) is 0 Å². The molecule has 35 heavy (non-hydrogen) atoms. The van der Waals surface area contributed by atoms with Gasteiger partial charge in [0.15, 0.2) is 6.61 Å². The van der Waals surface area contributed by atoms with Crippen molar-refractivity contribution in [2.45, 2.75) is 25.3 Å². The molecule has 3 rings (SSSR count). The summed E-state index contributed by atoms with van der Waals surface area (Å²) in [7, 11) is -2.45. The van der Waals surface area contributed by atoms with E-state index in [2.05, 4.69) is 15.6 Å². The summed E-state index contributed by atoms with van der Waals surface area (Å²) in [6.07, 6.45) is 0. The average Bonchev–Trinajstić information content (AvgIpc) is 2.87. The van der Waals surface area contributed by atoms with Crippen LogP contribution in [0.25, 0.3) is 0 Å². The molecule has 0 heterocycles. The maximum absolute atomic E-state index is 12.5. The standard InChI is InChI=1S/C25H27N3O6S/c1-17-13-20(14-23(18(17)2)35(31,32)26-3)25(30)28-27-24(29)16-34-22-11-9-21(10-12-22)33-15-19-7-5-4-6-8-19/h4-14,26H,15-16H2,1-3H3,(H,27,29)(H,28,30). The zero-order valence-corrected chi connectivity index (χ0v) is 20.4.